The lowest BCUT2D eigenvalue weighted by Crippen LogP contribution is -2.20. The van der Waals surface area contributed by atoms with Crippen molar-refractivity contribution in [2.75, 3.05) is 20.3 Å². The summed E-state index contributed by atoms with van der Waals surface area (Å²) in [4.78, 5) is 0. The number of fused-ring (bicyclic) bond motifs is 1. The summed E-state index contributed by atoms with van der Waals surface area (Å²) in [5, 5.41) is 9.57. The summed E-state index contributed by atoms with van der Waals surface area (Å²) in [6, 6.07) is 17.9. The van der Waals surface area contributed by atoms with Crippen molar-refractivity contribution in [1.82, 2.24) is 10.5 Å². The molecule has 4 rings (SSSR count). The lowest BCUT2D eigenvalue weighted by molar-refractivity contribution is 0.313. The van der Waals surface area contributed by atoms with Crippen molar-refractivity contribution in [3.05, 3.63) is 65.5 Å². The van der Waals surface area contributed by atoms with Crippen molar-refractivity contribution in [2.24, 2.45) is 0 Å². The first-order valence-corrected chi connectivity index (χ1v) is 9.61. The van der Waals surface area contributed by atoms with Gasteiger partial charge in [0.25, 0.3) is 0 Å². The summed E-state index contributed by atoms with van der Waals surface area (Å²) in [7, 11) is 1.68. The number of hydrogen-bond acceptors (Lipinski definition) is 6. The van der Waals surface area contributed by atoms with Crippen LogP contribution in [0.2, 0.25) is 0 Å². The zero-order chi connectivity index (χ0) is 18.5. The molecule has 6 heteroatoms. The smallest absolute Gasteiger partial charge is 0.178 e. The van der Waals surface area contributed by atoms with E-state index in [0.717, 1.165) is 46.1 Å². The van der Waals surface area contributed by atoms with Gasteiger partial charge in [0.15, 0.2) is 5.58 Å². The Balaban J connectivity index is 1.31. The number of thiophene rings is 1. The van der Waals surface area contributed by atoms with E-state index in [1.165, 1.54) is 5.56 Å². The molecule has 0 aliphatic rings. The number of methoxy groups -OCH3 is 1. The van der Waals surface area contributed by atoms with Crippen LogP contribution < -0.4 is 14.8 Å². The molecule has 0 spiro atoms. The van der Waals surface area contributed by atoms with Crippen LogP contribution in [-0.2, 0) is 6.54 Å². The van der Waals surface area contributed by atoms with E-state index in [1.54, 1.807) is 18.4 Å². The Hall–Kier alpha value is -2.83. The van der Waals surface area contributed by atoms with Gasteiger partial charge >= 0.3 is 0 Å². The topological polar surface area (TPSA) is 56.5 Å². The maximum absolute atomic E-state index is 5.88. The van der Waals surface area contributed by atoms with Crippen LogP contribution in [0.5, 0.6) is 11.5 Å². The van der Waals surface area contributed by atoms with Crippen molar-refractivity contribution >= 4 is 21.6 Å². The molecule has 0 aliphatic carbocycles. The highest BCUT2D eigenvalue weighted by molar-refractivity contribution is 7.17. The van der Waals surface area contributed by atoms with Gasteiger partial charge in [-0.15, -0.1) is 11.3 Å². The fourth-order valence-corrected chi connectivity index (χ4v) is 3.67. The lowest BCUT2D eigenvalue weighted by Gasteiger charge is -2.09. The number of aromatic nitrogens is 1. The van der Waals surface area contributed by atoms with Gasteiger partial charge in [0.2, 0.25) is 0 Å². The maximum Gasteiger partial charge on any atom is 0.178 e. The van der Waals surface area contributed by atoms with Crippen LogP contribution in [0, 0.1) is 0 Å². The summed E-state index contributed by atoms with van der Waals surface area (Å²) in [5.41, 5.74) is 3.87. The number of ether oxygens (including phenoxy) is 2. The van der Waals surface area contributed by atoms with E-state index < -0.39 is 0 Å². The zero-order valence-corrected chi connectivity index (χ0v) is 15.8. The van der Waals surface area contributed by atoms with E-state index in [4.69, 9.17) is 14.0 Å². The van der Waals surface area contributed by atoms with Crippen molar-refractivity contribution < 1.29 is 14.0 Å². The highest BCUT2D eigenvalue weighted by Gasteiger charge is 2.12. The molecule has 0 unspecified atom stereocenters. The molecule has 0 saturated carbocycles. The van der Waals surface area contributed by atoms with E-state index in [-0.39, 0.29) is 0 Å². The molecule has 27 heavy (non-hydrogen) atoms. The predicted octanol–water partition coefficient (Wildman–Crippen LogP) is 4.73. The maximum atomic E-state index is 5.88. The molecular formula is C21H20N2O3S. The van der Waals surface area contributed by atoms with Crippen LogP contribution in [0.15, 0.2) is 64.5 Å². The third-order valence-corrected chi connectivity index (χ3v) is 5.10. The molecule has 1 N–H and O–H groups in total. The summed E-state index contributed by atoms with van der Waals surface area (Å²) in [6.07, 6.45) is 0. The summed E-state index contributed by atoms with van der Waals surface area (Å²) < 4.78 is 17.5. The van der Waals surface area contributed by atoms with Gasteiger partial charge in [-0.05, 0) is 41.3 Å². The fraction of sp³-hybridized carbons (Fsp3) is 0.190. The van der Waals surface area contributed by atoms with E-state index in [9.17, 15) is 0 Å². The average Bonchev–Trinajstić information content (AvgIpc) is 3.32. The third-order valence-electron chi connectivity index (χ3n) is 4.20. The summed E-state index contributed by atoms with van der Waals surface area (Å²) in [5.74, 6) is 1.69. The standard InChI is InChI=1S/C21H20N2O3S/c1-24-17-6-2-4-15(12-17)14-22-9-10-25-18-7-3-5-16(13-18)20-21-19(26-23-20)8-11-27-21/h2-8,11-13,22H,9-10,14H2,1H3. The molecule has 0 fully saturated rings. The first-order chi connectivity index (χ1) is 13.3. The largest absolute Gasteiger partial charge is 0.497 e. The van der Waals surface area contributed by atoms with Crippen LogP contribution in [0.3, 0.4) is 0 Å². The van der Waals surface area contributed by atoms with Crippen molar-refractivity contribution in [2.45, 2.75) is 6.54 Å². The van der Waals surface area contributed by atoms with Crippen LogP contribution in [0.1, 0.15) is 5.56 Å². The SMILES string of the molecule is COc1cccc(CNCCOc2cccc(-c3noc4ccsc34)c2)c1. The van der Waals surface area contributed by atoms with Gasteiger partial charge in [-0.1, -0.05) is 29.4 Å². The minimum atomic E-state index is 0.584. The first-order valence-electron chi connectivity index (χ1n) is 8.73. The molecule has 0 aliphatic heterocycles. The Kier molecular flexibility index (Phi) is 5.37. The summed E-state index contributed by atoms with van der Waals surface area (Å²) in [6.45, 7) is 2.11. The van der Waals surface area contributed by atoms with Gasteiger partial charge in [-0.25, -0.2) is 0 Å². The number of benzene rings is 2. The number of hydrogen-bond donors (Lipinski definition) is 1. The second-order valence-electron chi connectivity index (χ2n) is 6.05. The Bertz CT molecular complexity index is 1020. The minimum Gasteiger partial charge on any atom is -0.497 e. The highest BCUT2D eigenvalue weighted by Crippen LogP contribution is 2.33. The van der Waals surface area contributed by atoms with E-state index >= 15 is 0 Å². The third kappa shape index (κ3) is 4.13. The fourth-order valence-electron chi connectivity index (χ4n) is 2.85. The van der Waals surface area contributed by atoms with Gasteiger partial charge < -0.3 is 19.3 Å². The highest BCUT2D eigenvalue weighted by atomic mass is 32.1. The van der Waals surface area contributed by atoms with E-state index in [2.05, 4.69) is 16.5 Å². The second-order valence-corrected chi connectivity index (χ2v) is 6.97. The van der Waals surface area contributed by atoms with Gasteiger partial charge in [-0.3, -0.25) is 0 Å². The molecule has 0 radical (unpaired) electrons. The molecule has 0 bridgehead atoms. The van der Waals surface area contributed by atoms with Crippen LogP contribution in [0.25, 0.3) is 21.5 Å². The molecule has 2 aromatic heterocycles. The van der Waals surface area contributed by atoms with E-state index in [0.29, 0.717) is 6.61 Å². The van der Waals surface area contributed by atoms with Crippen molar-refractivity contribution in [3.63, 3.8) is 0 Å². The van der Waals surface area contributed by atoms with Gasteiger partial charge in [0.05, 0.1) is 7.11 Å². The molecule has 4 aromatic rings. The van der Waals surface area contributed by atoms with E-state index in [1.807, 2.05) is 53.9 Å². The molecule has 5 nitrogen and oxygen atoms in total. The normalized spacial score (nSPS) is 11.0. The Labute approximate surface area is 161 Å². The van der Waals surface area contributed by atoms with Crippen LogP contribution in [0.4, 0.5) is 0 Å². The quantitative estimate of drug-likeness (QED) is 0.448. The van der Waals surface area contributed by atoms with Crippen molar-refractivity contribution in [3.8, 4) is 22.8 Å². The number of nitrogens with one attached hydrogen (secondary N) is 1. The average molecular weight is 380 g/mol. The molecule has 138 valence electrons. The van der Waals surface area contributed by atoms with Crippen LogP contribution >= 0.6 is 11.3 Å². The Morgan fingerprint density at radius 1 is 1.07 bits per heavy atom. The van der Waals surface area contributed by atoms with Gasteiger partial charge in [0, 0.05) is 18.7 Å². The second kappa shape index (κ2) is 8.24. The first kappa shape index (κ1) is 17.6. The Morgan fingerprint density at radius 2 is 1.96 bits per heavy atom. The molecular weight excluding hydrogens is 360 g/mol. The molecule has 2 aromatic carbocycles. The molecule has 0 atom stereocenters. The lowest BCUT2D eigenvalue weighted by atomic mass is 10.1. The summed E-state index contributed by atoms with van der Waals surface area (Å²) >= 11 is 1.63. The predicted molar refractivity (Wildman–Crippen MR) is 108 cm³/mol. The molecule has 0 saturated heterocycles. The molecule has 0 amide bonds. The van der Waals surface area contributed by atoms with Gasteiger partial charge in [0.1, 0.15) is 28.5 Å². The van der Waals surface area contributed by atoms with Crippen molar-refractivity contribution in [1.29, 1.82) is 0 Å². The minimum absolute atomic E-state index is 0.584. The zero-order valence-electron chi connectivity index (χ0n) is 15.0. The number of nitrogens with zero attached hydrogens (tertiary/aromatic N) is 1. The monoisotopic (exact) mass is 380 g/mol. The van der Waals surface area contributed by atoms with Crippen LogP contribution in [-0.4, -0.2) is 25.4 Å². The molecule has 2 heterocycles. The van der Waals surface area contributed by atoms with Gasteiger partial charge in [-0.2, -0.15) is 0 Å². The number of rotatable bonds is 8. The Morgan fingerprint density at radius 3 is 2.89 bits per heavy atom.